The summed E-state index contributed by atoms with van der Waals surface area (Å²) in [7, 11) is 0. The average Bonchev–Trinajstić information content (AvgIpc) is 3.74. The molecule has 4 nitrogen and oxygen atoms in total. The lowest BCUT2D eigenvalue weighted by Gasteiger charge is -2.28. The van der Waals surface area contributed by atoms with E-state index in [1.807, 2.05) is 0 Å². The van der Waals surface area contributed by atoms with Crippen molar-refractivity contribution in [3.8, 4) is 56.2 Å². The molecule has 0 fully saturated rings. The molecular formula is C54H44N4. The first-order valence-electron chi connectivity index (χ1n) is 20.4. The number of hydrogen-bond donors (Lipinski definition) is 0. The zero-order chi connectivity index (χ0) is 39.6. The standard InChI is InChI=1S/C54H44N4/c1-52(2)41-25-13-11-21-36(41)40-32-33(30-31-44(40)52)49-55-50(39-24-16-23-37-35-20-10-14-26-42(35)54(5,6)48(37)39)57-51(56-49)58(34-18-8-7-9-19-34)46-29-17-28-45-47(46)38-22-12-15-27-43(38)53(45,3)4/h7-32H,1-6H3. The van der Waals surface area contributed by atoms with E-state index >= 15 is 0 Å². The van der Waals surface area contributed by atoms with Crippen LogP contribution < -0.4 is 4.90 Å². The van der Waals surface area contributed by atoms with Crippen LogP contribution in [-0.4, -0.2) is 15.0 Å². The molecule has 0 bridgehead atoms. The molecule has 0 radical (unpaired) electrons. The summed E-state index contributed by atoms with van der Waals surface area (Å²) in [5.74, 6) is 1.88. The molecule has 280 valence electrons. The summed E-state index contributed by atoms with van der Waals surface area (Å²) in [5, 5.41) is 0. The summed E-state index contributed by atoms with van der Waals surface area (Å²) in [5.41, 5.74) is 18.8. The minimum Gasteiger partial charge on any atom is -0.278 e. The van der Waals surface area contributed by atoms with Crippen molar-refractivity contribution in [3.63, 3.8) is 0 Å². The number of hydrogen-bond acceptors (Lipinski definition) is 4. The largest absolute Gasteiger partial charge is 0.278 e. The van der Waals surface area contributed by atoms with E-state index in [4.69, 9.17) is 15.0 Å². The number of anilines is 3. The summed E-state index contributed by atoms with van der Waals surface area (Å²) in [6.45, 7) is 14.0. The molecule has 4 heteroatoms. The van der Waals surface area contributed by atoms with Crippen LogP contribution in [0.2, 0.25) is 0 Å². The highest BCUT2D eigenvalue weighted by atomic mass is 15.3. The van der Waals surface area contributed by atoms with Gasteiger partial charge in [-0.3, -0.25) is 4.90 Å². The van der Waals surface area contributed by atoms with Crippen LogP contribution in [0.15, 0.2) is 158 Å². The Kier molecular flexibility index (Phi) is 7.26. The summed E-state index contributed by atoms with van der Waals surface area (Å²) in [6, 6.07) is 57.1. The molecule has 0 saturated heterocycles. The summed E-state index contributed by atoms with van der Waals surface area (Å²) >= 11 is 0. The van der Waals surface area contributed by atoms with Gasteiger partial charge in [-0.05, 0) is 85.5 Å². The first-order valence-corrected chi connectivity index (χ1v) is 20.4. The molecule has 1 aromatic heterocycles. The third-order valence-corrected chi connectivity index (χ3v) is 13.3. The minimum absolute atomic E-state index is 0.104. The van der Waals surface area contributed by atoms with Crippen molar-refractivity contribution in [2.75, 3.05) is 4.90 Å². The van der Waals surface area contributed by atoms with Crippen LogP contribution in [0.3, 0.4) is 0 Å². The number of rotatable bonds is 5. The van der Waals surface area contributed by atoms with Crippen LogP contribution in [0.5, 0.6) is 0 Å². The Bertz CT molecular complexity index is 2990. The van der Waals surface area contributed by atoms with Crippen LogP contribution in [0, 0.1) is 0 Å². The van der Waals surface area contributed by atoms with E-state index in [0.29, 0.717) is 17.6 Å². The lowest BCUT2D eigenvalue weighted by molar-refractivity contribution is 0.660. The molecule has 3 aliphatic carbocycles. The lowest BCUT2D eigenvalue weighted by atomic mass is 9.80. The smallest absolute Gasteiger partial charge is 0.238 e. The van der Waals surface area contributed by atoms with E-state index in [0.717, 1.165) is 22.5 Å². The van der Waals surface area contributed by atoms with Crippen molar-refractivity contribution < 1.29 is 0 Å². The average molecular weight is 749 g/mol. The van der Waals surface area contributed by atoms with Gasteiger partial charge in [-0.2, -0.15) is 9.97 Å². The van der Waals surface area contributed by atoms with Gasteiger partial charge in [0.1, 0.15) is 0 Å². The summed E-state index contributed by atoms with van der Waals surface area (Å²) in [6.07, 6.45) is 0. The molecular weight excluding hydrogens is 705 g/mol. The molecule has 58 heavy (non-hydrogen) atoms. The molecule has 0 amide bonds. The van der Waals surface area contributed by atoms with E-state index in [-0.39, 0.29) is 16.2 Å². The molecule has 0 N–H and O–H groups in total. The molecule has 8 aromatic rings. The predicted octanol–water partition coefficient (Wildman–Crippen LogP) is 13.6. The summed E-state index contributed by atoms with van der Waals surface area (Å²) < 4.78 is 0. The quantitative estimate of drug-likeness (QED) is 0.176. The number of nitrogens with zero attached hydrogens (tertiary/aromatic N) is 4. The van der Waals surface area contributed by atoms with E-state index in [1.165, 1.54) is 66.8 Å². The Labute approximate surface area is 341 Å². The fraction of sp³-hybridized carbons (Fsp3) is 0.167. The SMILES string of the molecule is CC1(C)c2ccccc2-c2cc(-c3nc(-c4cccc5c4C(C)(C)c4ccccc4-5)nc(N(c4ccccc4)c4cccc5c4-c4ccccc4C5(C)C)n3)ccc21. The molecule has 0 unspecified atom stereocenters. The Balaban J connectivity index is 1.20. The molecule has 1 heterocycles. The second-order valence-corrected chi connectivity index (χ2v) is 17.7. The van der Waals surface area contributed by atoms with Crippen LogP contribution in [-0.2, 0) is 16.2 Å². The van der Waals surface area contributed by atoms with Gasteiger partial charge < -0.3 is 0 Å². The van der Waals surface area contributed by atoms with Gasteiger partial charge in [0.25, 0.3) is 0 Å². The second-order valence-electron chi connectivity index (χ2n) is 17.7. The van der Waals surface area contributed by atoms with Gasteiger partial charge in [0.15, 0.2) is 11.6 Å². The predicted molar refractivity (Wildman–Crippen MR) is 238 cm³/mol. The number of benzene rings is 7. The van der Waals surface area contributed by atoms with Gasteiger partial charge in [-0.15, -0.1) is 0 Å². The Hall–Kier alpha value is -6.65. The normalized spacial score (nSPS) is 15.5. The van der Waals surface area contributed by atoms with Crippen molar-refractivity contribution in [1.29, 1.82) is 0 Å². The third-order valence-electron chi connectivity index (χ3n) is 13.3. The van der Waals surface area contributed by atoms with E-state index < -0.39 is 0 Å². The van der Waals surface area contributed by atoms with Gasteiger partial charge >= 0.3 is 0 Å². The highest BCUT2D eigenvalue weighted by Gasteiger charge is 2.40. The van der Waals surface area contributed by atoms with Crippen LogP contribution >= 0.6 is 0 Å². The van der Waals surface area contributed by atoms with E-state index in [1.54, 1.807) is 0 Å². The second kappa shape index (κ2) is 12.2. The van der Waals surface area contributed by atoms with Crippen molar-refractivity contribution >= 4 is 17.3 Å². The minimum atomic E-state index is -0.257. The maximum absolute atomic E-state index is 5.54. The monoisotopic (exact) mass is 748 g/mol. The first-order chi connectivity index (χ1) is 28.0. The van der Waals surface area contributed by atoms with Gasteiger partial charge in [0, 0.05) is 38.6 Å². The number of aromatic nitrogens is 3. The zero-order valence-electron chi connectivity index (χ0n) is 33.8. The van der Waals surface area contributed by atoms with E-state index in [9.17, 15) is 0 Å². The van der Waals surface area contributed by atoms with Gasteiger partial charge in [0.05, 0.1) is 5.69 Å². The van der Waals surface area contributed by atoms with Gasteiger partial charge in [-0.25, -0.2) is 4.98 Å². The number of fused-ring (bicyclic) bond motifs is 9. The molecule has 0 saturated carbocycles. The molecule has 0 aliphatic heterocycles. The first kappa shape index (κ1) is 34.6. The molecule has 0 atom stereocenters. The van der Waals surface area contributed by atoms with Crippen LogP contribution in [0.1, 0.15) is 74.9 Å². The topological polar surface area (TPSA) is 41.9 Å². The van der Waals surface area contributed by atoms with Crippen molar-refractivity contribution in [2.45, 2.75) is 57.8 Å². The molecule has 11 rings (SSSR count). The zero-order valence-corrected chi connectivity index (χ0v) is 33.8. The Morgan fingerprint density at radius 3 is 1.64 bits per heavy atom. The highest BCUT2D eigenvalue weighted by Crippen LogP contribution is 2.55. The van der Waals surface area contributed by atoms with Crippen LogP contribution in [0.25, 0.3) is 56.2 Å². The van der Waals surface area contributed by atoms with Crippen molar-refractivity contribution in [2.24, 2.45) is 0 Å². The fourth-order valence-electron chi connectivity index (χ4n) is 10.5. The Morgan fingerprint density at radius 2 is 0.897 bits per heavy atom. The Morgan fingerprint density at radius 1 is 0.379 bits per heavy atom. The van der Waals surface area contributed by atoms with Gasteiger partial charge in [-0.1, -0.05) is 175 Å². The molecule has 7 aromatic carbocycles. The van der Waals surface area contributed by atoms with Crippen molar-refractivity contribution in [3.05, 3.63) is 191 Å². The fourth-order valence-corrected chi connectivity index (χ4v) is 10.5. The molecule has 3 aliphatic rings. The van der Waals surface area contributed by atoms with Crippen LogP contribution in [0.4, 0.5) is 17.3 Å². The highest BCUT2D eigenvalue weighted by molar-refractivity contribution is 5.95. The maximum Gasteiger partial charge on any atom is 0.238 e. The molecule has 0 spiro atoms. The lowest BCUT2D eigenvalue weighted by Crippen LogP contribution is -2.19. The van der Waals surface area contributed by atoms with E-state index in [2.05, 4.69) is 204 Å². The number of para-hydroxylation sites is 1. The maximum atomic E-state index is 5.54. The third kappa shape index (κ3) is 4.78. The van der Waals surface area contributed by atoms with Crippen molar-refractivity contribution in [1.82, 2.24) is 15.0 Å². The summed E-state index contributed by atoms with van der Waals surface area (Å²) in [4.78, 5) is 18.7. The van der Waals surface area contributed by atoms with Gasteiger partial charge in [0.2, 0.25) is 5.95 Å².